The number of fused-ring (bicyclic) bond motifs is 1. The van der Waals surface area contributed by atoms with Gasteiger partial charge in [0, 0.05) is 19.6 Å². The number of carbonyl (C=O) groups excluding carboxylic acids is 3. The van der Waals surface area contributed by atoms with Crippen LogP contribution in [0.1, 0.15) is 51.9 Å². The van der Waals surface area contributed by atoms with Crippen LogP contribution in [0, 0.1) is 11.8 Å². The maximum absolute atomic E-state index is 13.4. The van der Waals surface area contributed by atoms with Crippen molar-refractivity contribution in [3.05, 3.63) is 0 Å². The van der Waals surface area contributed by atoms with Gasteiger partial charge in [0.05, 0.1) is 24.0 Å². The number of ether oxygens (including phenoxy) is 1. The zero-order valence-electron chi connectivity index (χ0n) is 16.7. The van der Waals surface area contributed by atoms with E-state index in [1.807, 2.05) is 6.92 Å². The second kappa shape index (κ2) is 6.99. The summed E-state index contributed by atoms with van der Waals surface area (Å²) in [7, 11) is 1.56. The fourth-order valence-electron chi connectivity index (χ4n) is 6.16. The van der Waals surface area contributed by atoms with Crippen LogP contribution in [-0.4, -0.2) is 71.2 Å². The average Bonchev–Trinajstić information content (AvgIpc) is 3.24. The predicted molar refractivity (Wildman–Crippen MR) is 100 cm³/mol. The van der Waals surface area contributed by atoms with E-state index in [0.29, 0.717) is 12.8 Å². The van der Waals surface area contributed by atoms with E-state index in [1.54, 1.807) is 7.05 Å². The third-order valence-corrected chi connectivity index (χ3v) is 7.35. The lowest BCUT2D eigenvalue weighted by atomic mass is 9.66. The number of aliphatic hydroxyl groups excluding tert-OH is 1. The number of hydrogen-bond donors (Lipinski definition) is 3. The Morgan fingerprint density at radius 2 is 1.93 bits per heavy atom. The molecule has 3 saturated heterocycles. The second-order valence-electron chi connectivity index (χ2n) is 8.94. The molecule has 2 unspecified atom stereocenters. The Balaban J connectivity index is 1.67. The first-order valence-corrected chi connectivity index (χ1v) is 10.5. The Bertz CT molecular complexity index is 679. The molecule has 156 valence electrons. The van der Waals surface area contributed by atoms with Crippen molar-refractivity contribution in [1.82, 2.24) is 15.5 Å². The number of amides is 3. The van der Waals surface area contributed by atoms with E-state index in [2.05, 4.69) is 10.6 Å². The average molecular weight is 393 g/mol. The summed E-state index contributed by atoms with van der Waals surface area (Å²) in [5.41, 5.74) is -1.73. The lowest BCUT2D eigenvalue weighted by Crippen LogP contribution is -2.57. The SMILES string of the molecule is CNC(=O)[C@@H]1[C@H]2C(=O)N(CCO)C(C(=O)NC3CCCCC3)C23CC[C@@]1(C)O3. The van der Waals surface area contributed by atoms with Crippen LogP contribution in [0.15, 0.2) is 0 Å². The van der Waals surface area contributed by atoms with Gasteiger partial charge < -0.3 is 25.4 Å². The van der Waals surface area contributed by atoms with Gasteiger partial charge in [-0.25, -0.2) is 0 Å². The Hall–Kier alpha value is -1.67. The molecule has 0 aromatic carbocycles. The zero-order valence-corrected chi connectivity index (χ0v) is 16.7. The molecule has 3 heterocycles. The Morgan fingerprint density at radius 3 is 2.57 bits per heavy atom. The van der Waals surface area contributed by atoms with Crippen LogP contribution >= 0.6 is 0 Å². The molecule has 0 aromatic heterocycles. The maximum atomic E-state index is 13.4. The van der Waals surface area contributed by atoms with Crippen LogP contribution in [0.5, 0.6) is 0 Å². The Morgan fingerprint density at radius 1 is 1.21 bits per heavy atom. The molecule has 2 bridgehead atoms. The topological polar surface area (TPSA) is 108 Å². The van der Waals surface area contributed by atoms with Gasteiger partial charge in [-0.1, -0.05) is 19.3 Å². The van der Waals surface area contributed by atoms with Crippen molar-refractivity contribution in [3.8, 4) is 0 Å². The van der Waals surface area contributed by atoms with Crippen molar-refractivity contribution in [2.24, 2.45) is 11.8 Å². The van der Waals surface area contributed by atoms with Crippen molar-refractivity contribution in [2.45, 2.75) is 75.2 Å². The maximum Gasteiger partial charge on any atom is 0.246 e. The number of likely N-dealkylation sites (tertiary alicyclic amines) is 1. The van der Waals surface area contributed by atoms with Gasteiger partial charge in [-0.3, -0.25) is 14.4 Å². The molecule has 0 radical (unpaired) electrons. The van der Waals surface area contributed by atoms with E-state index < -0.39 is 29.1 Å². The molecule has 3 amide bonds. The summed E-state index contributed by atoms with van der Waals surface area (Å²) in [4.78, 5) is 40.8. The highest BCUT2D eigenvalue weighted by Crippen LogP contribution is 2.63. The van der Waals surface area contributed by atoms with E-state index in [-0.39, 0.29) is 36.9 Å². The highest BCUT2D eigenvalue weighted by molar-refractivity contribution is 5.99. The van der Waals surface area contributed by atoms with E-state index >= 15 is 0 Å². The van der Waals surface area contributed by atoms with Crippen molar-refractivity contribution in [3.63, 3.8) is 0 Å². The monoisotopic (exact) mass is 393 g/mol. The Labute approximate surface area is 165 Å². The lowest BCUT2D eigenvalue weighted by Gasteiger charge is -2.35. The number of nitrogens with one attached hydrogen (secondary N) is 2. The van der Waals surface area contributed by atoms with E-state index in [9.17, 15) is 19.5 Å². The van der Waals surface area contributed by atoms with E-state index in [1.165, 1.54) is 11.3 Å². The lowest BCUT2D eigenvalue weighted by molar-refractivity contribution is -0.146. The quantitative estimate of drug-likeness (QED) is 0.606. The van der Waals surface area contributed by atoms with E-state index in [0.717, 1.165) is 25.7 Å². The van der Waals surface area contributed by atoms with Crippen molar-refractivity contribution >= 4 is 17.7 Å². The minimum atomic E-state index is -0.989. The van der Waals surface area contributed by atoms with Crippen molar-refractivity contribution < 1.29 is 24.2 Å². The fourth-order valence-corrected chi connectivity index (χ4v) is 6.16. The van der Waals surface area contributed by atoms with Crippen LogP contribution in [0.25, 0.3) is 0 Å². The van der Waals surface area contributed by atoms with Crippen molar-refractivity contribution in [1.29, 1.82) is 0 Å². The van der Waals surface area contributed by atoms with Crippen LogP contribution in [0.2, 0.25) is 0 Å². The minimum Gasteiger partial charge on any atom is -0.395 e. The number of β-amino-alcohol motifs (C(OH)–C–C–N with tert-alkyl or cyclic N) is 1. The standard InChI is InChI=1S/C20H31N3O5/c1-19-8-9-20(28-19)14(13(19)16(25)21-2)18(27)23(10-11-24)15(20)17(26)22-12-6-4-3-5-7-12/h12-15,24H,3-11H2,1-2H3,(H,21,25)(H,22,26)/t13-,14-,15?,19+,20?/m0/s1. The van der Waals surface area contributed by atoms with Gasteiger partial charge in [-0.05, 0) is 32.6 Å². The van der Waals surface area contributed by atoms with Crippen LogP contribution in [0.3, 0.4) is 0 Å². The van der Waals surface area contributed by atoms with Crippen LogP contribution in [0.4, 0.5) is 0 Å². The first-order valence-electron chi connectivity index (χ1n) is 10.5. The summed E-state index contributed by atoms with van der Waals surface area (Å²) in [5, 5.41) is 15.3. The first kappa shape index (κ1) is 19.6. The number of aliphatic hydroxyl groups is 1. The smallest absolute Gasteiger partial charge is 0.246 e. The molecule has 1 saturated carbocycles. The van der Waals surface area contributed by atoms with Gasteiger partial charge in [0.2, 0.25) is 17.7 Å². The summed E-state index contributed by atoms with van der Waals surface area (Å²) in [5.74, 6) is -1.99. The summed E-state index contributed by atoms with van der Waals surface area (Å²) < 4.78 is 6.41. The first-order chi connectivity index (χ1) is 13.4. The molecule has 28 heavy (non-hydrogen) atoms. The molecule has 4 rings (SSSR count). The summed E-state index contributed by atoms with van der Waals surface area (Å²) in [6.45, 7) is 1.71. The summed E-state index contributed by atoms with van der Waals surface area (Å²) >= 11 is 0. The fraction of sp³-hybridized carbons (Fsp3) is 0.850. The summed E-state index contributed by atoms with van der Waals surface area (Å²) in [6.07, 6.45) is 6.47. The molecule has 5 atom stereocenters. The molecule has 4 aliphatic rings. The van der Waals surface area contributed by atoms with Crippen LogP contribution < -0.4 is 10.6 Å². The molecule has 3 N–H and O–H groups in total. The number of hydrogen-bond acceptors (Lipinski definition) is 5. The summed E-state index contributed by atoms with van der Waals surface area (Å²) in [6, 6.07) is -0.678. The molecule has 3 aliphatic heterocycles. The van der Waals surface area contributed by atoms with Crippen molar-refractivity contribution in [2.75, 3.05) is 20.2 Å². The minimum absolute atomic E-state index is 0.0698. The third-order valence-electron chi connectivity index (χ3n) is 7.35. The molecular formula is C20H31N3O5. The molecule has 1 aliphatic carbocycles. The van der Waals surface area contributed by atoms with Gasteiger partial charge >= 0.3 is 0 Å². The Kier molecular flexibility index (Phi) is 4.90. The van der Waals surface area contributed by atoms with Gasteiger partial charge in [0.25, 0.3) is 0 Å². The predicted octanol–water partition coefficient (Wildman–Crippen LogP) is -0.0617. The molecule has 8 nitrogen and oxygen atoms in total. The second-order valence-corrected chi connectivity index (χ2v) is 8.94. The number of rotatable bonds is 5. The van der Waals surface area contributed by atoms with Gasteiger partial charge in [-0.2, -0.15) is 0 Å². The number of nitrogens with zero attached hydrogens (tertiary/aromatic N) is 1. The molecular weight excluding hydrogens is 362 g/mol. The molecule has 8 heteroatoms. The number of carbonyl (C=O) groups is 3. The molecule has 0 aromatic rings. The van der Waals surface area contributed by atoms with Gasteiger partial charge in [0.1, 0.15) is 11.6 Å². The molecule has 4 fully saturated rings. The highest BCUT2D eigenvalue weighted by atomic mass is 16.5. The largest absolute Gasteiger partial charge is 0.395 e. The normalized spacial score (nSPS) is 39.9. The third kappa shape index (κ3) is 2.68. The molecule has 1 spiro atoms. The van der Waals surface area contributed by atoms with Crippen LogP contribution in [-0.2, 0) is 19.1 Å². The van der Waals surface area contributed by atoms with Gasteiger partial charge in [0.15, 0.2) is 0 Å². The van der Waals surface area contributed by atoms with Gasteiger partial charge in [-0.15, -0.1) is 0 Å². The highest BCUT2D eigenvalue weighted by Gasteiger charge is 2.77. The zero-order chi connectivity index (χ0) is 20.1. The van der Waals surface area contributed by atoms with E-state index in [4.69, 9.17) is 4.74 Å².